The van der Waals surface area contributed by atoms with Gasteiger partial charge in [-0.25, -0.2) is 4.39 Å². The maximum absolute atomic E-state index is 13.6. The van der Waals surface area contributed by atoms with E-state index >= 15 is 0 Å². The van der Waals surface area contributed by atoms with E-state index in [1.165, 1.54) is 18.2 Å². The molecular formula is C20H19FN2O3. The van der Waals surface area contributed by atoms with Crippen molar-refractivity contribution >= 4 is 17.5 Å². The first-order valence-corrected chi connectivity index (χ1v) is 8.26. The molecule has 1 saturated heterocycles. The van der Waals surface area contributed by atoms with Crippen LogP contribution < -0.4 is 5.32 Å². The molecule has 0 radical (unpaired) electrons. The number of morpholine rings is 1. The van der Waals surface area contributed by atoms with Crippen molar-refractivity contribution < 1.29 is 18.7 Å². The lowest BCUT2D eigenvalue weighted by atomic mass is 10.0. The molecule has 0 aromatic heterocycles. The Bertz CT molecular complexity index is 820. The minimum absolute atomic E-state index is 0.163. The minimum Gasteiger partial charge on any atom is -0.377 e. The number of anilines is 1. The van der Waals surface area contributed by atoms with Gasteiger partial charge in [0, 0.05) is 17.8 Å². The van der Waals surface area contributed by atoms with Crippen molar-refractivity contribution in [3.8, 4) is 0 Å². The molecule has 1 aliphatic rings. The van der Waals surface area contributed by atoms with Crippen molar-refractivity contribution in [2.45, 2.75) is 6.04 Å². The molecule has 1 fully saturated rings. The summed E-state index contributed by atoms with van der Waals surface area (Å²) in [6.07, 6.45) is 1.18. The van der Waals surface area contributed by atoms with Crippen molar-refractivity contribution in [2.24, 2.45) is 0 Å². The highest BCUT2D eigenvalue weighted by atomic mass is 19.1. The summed E-state index contributed by atoms with van der Waals surface area (Å²) < 4.78 is 19.1. The number of benzene rings is 2. The summed E-state index contributed by atoms with van der Waals surface area (Å²) in [6, 6.07) is 12.5. The molecule has 0 saturated carbocycles. The number of hydrogen-bond acceptors (Lipinski definition) is 3. The standard InChI is InChI=1S/C20H19FN2O3/c1-2-19(24)22-17-8-6-14(7-9-17)20(25)23-10-11-26-13-18(23)15-4-3-5-16(21)12-15/h2-9,12,18H,1,10-11,13H2,(H,22,24). The van der Waals surface area contributed by atoms with Crippen molar-refractivity contribution in [2.75, 3.05) is 25.1 Å². The van der Waals surface area contributed by atoms with E-state index in [1.807, 2.05) is 0 Å². The van der Waals surface area contributed by atoms with Gasteiger partial charge in [-0.2, -0.15) is 0 Å². The van der Waals surface area contributed by atoms with Gasteiger partial charge < -0.3 is 15.0 Å². The fraction of sp³-hybridized carbons (Fsp3) is 0.200. The summed E-state index contributed by atoms with van der Waals surface area (Å²) in [5.74, 6) is -0.824. The highest BCUT2D eigenvalue weighted by Crippen LogP contribution is 2.26. The monoisotopic (exact) mass is 354 g/mol. The zero-order valence-electron chi connectivity index (χ0n) is 14.2. The molecule has 2 amide bonds. The van der Waals surface area contributed by atoms with Gasteiger partial charge in [-0.15, -0.1) is 0 Å². The lowest BCUT2D eigenvalue weighted by Gasteiger charge is -2.36. The third kappa shape index (κ3) is 3.97. The second-order valence-electron chi connectivity index (χ2n) is 5.91. The molecule has 1 aliphatic heterocycles. The number of ether oxygens (including phenoxy) is 1. The van der Waals surface area contributed by atoms with E-state index in [-0.39, 0.29) is 23.7 Å². The number of halogens is 1. The van der Waals surface area contributed by atoms with E-state index in [0.29, 0.717) is 36.6 Å². The average Bonchev–Trinajstić information content (AvgIpc) is 2.68. The molecule has 5 nitrogen and oxygen atoms in total. The SMILES string of the molecule is C=CC(=O)Nc1ccc(C(=O)N2CCOCC2c2cccc(F)c2)cc1. The normalized spacial score (nSPS) is 16.8. The van der Waals surface area contributed by atoms with E-state index in [0.717, 1.165) is 0 Å². The Labute approximate surface area is 151 Å². The maximum atomic E-state index is 13.6. The van der Waals surface area contributed by atoms with Crippen LogP contribution in [0.4, 0.5) is 10.1 Å². The van der Waals surface area contributed by atoms with Gasteiger partial charge in [0.1, 0.15) is 5.82 Å². The Kier molecular flexibility index (Phi) is 5.43. The van der Waals surface area contributed by atoms with Gasteiger partial charge in [-0.3, -0.25) is 9.59 Å². The molecule has 2 aromatic carbocycles. The molecule has 0 bridgehead atoms. The number of nitrogens with zero attached hydrogens (tertiary/aromatic N) is 1. The van der Waals surface area contributed by atoms with Gasteiger partial charge in [0.05, 0.1) is 19.3 Å². The Morgan fingerprint density at radius 3 is 2.69 bits per heavy atom. The smallest absolute Gasteiger partial charge is 0.254 e. The number of carbonyl (C=O) groups excluding carboxylic acids is 2. The maximum Gasteiger partial charge on any atom is 0.254 e. The first-order chi connectivity index (χ1) is 12.6. The number of hydrogen-bond donors (Lipinski definition) is 1. The Balaban J connectivity index is 1.80. The largest absolute Gasteiger partial charge is 0.377 e. The number of nitrogens with one attached hydrogen (secondary N) is 1. The van der Waals surface area contributed by atoms with Crippen LogP contribution in [-0.2, 0) is 9.53 Å². The first-order valence-electron chi connectivity index (χ1n) is 8.26. The molecular weight excluding hydrogens is 335 g/mol. The number of carbonyl (C=O) groups is 2. The zero-order valence-corrected chi connectivity index (χ0v) is 14.2. The van der Waals surface area contributed by atoms with Crippen LogP contribution in [0, 0.1) is 5.82 Å². The van der Waals surface area contributed by atoms with Crippen LogP contribution in [0.1, 0.15) is 22.0 Å². The lowest BCUT2D eigenvalue weighted by Crippen LogP contribution is -2.43. The van der Waals surface area contributed by atoms with Crippen LogP contribution >= 0.6 is 0 Å². The van der Waals surface area contributed by atoms with Gasteiger partial charge in [-0.1, -0.05) is 18.7 Å². The third-order valence-electron chi connectivity index (χ3n) is 4.21. The Hall–Kier alpha value is -2.99. The van der Waals surface area contributed by atoms with Gasteiger partial charge in [0.2, 0.25) is 5.91 Å². The third-order valence-corrected chi connectivity index (χ3v) is 4.21. The summed E-state index contributed by atoms with van der Waals surface area (Å²) in [5.41, 5.74) is 1.77. The molecule has 1 unspecified atom stereocenters. The van der Waals surface area contributed by atoms with E-state index in [4.69, 9.17) is 4.74 Å². The van der Waals surface area contributed by atoms with Crippen LogP contribution in [0.5, 0.6) is 0 Å². The quantitative estimate of drug-likeness (QED) is 0.858. The molecule has 1 atom stereocenters. The van der Waals surface area contributed by atoms with Gasteiger partial charge in [0.25, 0.3) is 5.91 Å². The van der Waals surface area contributed by atoms with Crippen LogP contribution in [0.15, 0.2) is 61.2 Å². The van der Waals surface area contributed by atoms with E-state index in [1.54, 1.807) is 41.3 Å². The van der Waals surface area contributed by atoms with Gasteiger partial charge >= 0.3 is 0 Å². The first kappa shape index (κ1) is 17.8. The summed E-state index contributed by atoms with van der Waals surface area (Å²) >= 11 is 0. The second-order valence-corrected chi connectivity index (χ2v) is 5.91. The van der Waals surface area contributed by atoms with Crippen LogP contribution in [0.3, 0.4) is 0 Å². The summed E-state index contributed by atoms with van der Waals surface area (Å²) in [5, 5.41) is 2.63. The molecule has 1 N–H and O–H groups in total. The molecule has 26 heavy (non-hydrogen) atoms. The fourth-order valence-electron chi connectivity index (χ4n) is 2.89. The predicted octanol–water partition coefficient (Wildman–Crippen LogP) is 3.16. The highest BCUT2D eigenvalue weighted by molar-refractivity contribution is 5.99. The van der Waals surface area contributed by atoms with E-state index in [2.05, 4.69) is 11.9 Å². The summed E-state index contributed by atoms with van der Waals surface area (Å²) in [4.78, 5) is 25.9. The average molecular weight is 354 g/mol. The molecule has 134 valence electrons. The molecule has 0 spiro atoms. The Morgan fingerprint density at radius 1 is 1.23 bits per heavy atom. The van der Waals surface area contributed by atoms with Crippen LogP contribution in [0.2, 0.25) is 0 Å². The fourth-order valence-corrected chi connectivity index (χ4v) is 2.89. The van der Waals surface area contributed by atoms with Crippen LogP contribution in [0.25, 0.3) is 0 Å². The summed E-state index contributed by atoms with van der Waals surface area (Å²) in [6.45, 7) is 4.58. The summed E-state index contributed by atoms with van der Waals surface area (Å²) in [7, 11) is 0. The zero-order chi connectivity index (χ0) is 18.5. The van der Waals surface area contributed by atoms with E-state index in [9.17, 15) is 14.0 Å². The van der Waals surface area contributed by atoms with Crippen molar-refractivity contribution in [3.63, 3.8) is 0 Å². The van der Waals surface area contributed by atoms with Crippen LogP contribution in [-0.4, -0.2) is 36.5 Å². The minimum atomic E-state index is -0.345. The molecule has 2 aromatic rings. The topological polar surface area (TPSA) is 58.6 Å². The van der Waals surface area contributed by atoms with E-state index < -0.39 is 0 Å². The van der Waals surface area contributed by atoms with Gasteiger partial charge in [-0.05, 0) is 48.0 Å². The van der Waals surface area contributed by atoms with Crippen molar-refractivity contribution in [1.82, 2.24) is 4.90 Å². The Morgan fingerprint density at radius 2 is 2.00 bits per heavy atom. The second kappa shape index (κ2) is 7.93. The highest BCUT2D eigenvalue weighted by Gasteiger charge is 2.29. The molecule has 1 heterocycles. The lowest BCUT2D eigenvalue weighted by molar-refractivity contribution is -0.111. The van der Waals surface area contributed by atoms with Crippen molar-refractivity contribution in [1.29, 1.82) is 0 Å². The number of rotatable bonds is 4. The predicted molar refractivity (Wildman–Crippen MR) is 96.3 cm³/mol. The number of amides is 2. The molecule has 6 heteroatoms. The van der Waals surface area contributed by atoms with Gasteiger partial charge in [0.15, 0.2) is 0 Å². The molecule has 0 aliphatic carbocycles. The molecule has 3 rings (SSSR count). The van der Waals surface area contributed by atoms with Crippen molar-refractivity contribution in [3.05, 3.63) is 78.1 Å².